The van der Waals surface area contributed by atoms with E-state index >= 15 is 0 Å². The van der Waals surface area contributed by atoms with E-state index in [0.29, 0.717) is 23.0 Å². The summed E-state index contributed by atoms with van der Waals surface area (Å²) in [5.74, 6) is 2.03. The minimum absolute atomic E-state index is 0.197. The summed E-state index contributed by atoms with van der Waals surface area (Å²) in [6.45, 7) is 0. The van der Waals surface area contributed by atoms with Gasteiger partial charge in [-0.15, -0.1) is 11.8 Å². The predicted molar refractivity (Wildman–Crippen MR) is 154 cm³/mol. The Labute approximate surface area is 221 Å². The summed E-state index contributed by atoms with van der Waals surface area (Å²) in [5.41, 5.74) is 6.25. The molecule has 0 bridgehead atoms. The molecule has 5 unspecified atom stereocenters. The Morgan fingerprint density at radius 2 is 1.62 bits per heavy atom. The maximum absolute atomic E-state index is 5.39. The molecule has 3 nitrogen and oxygen atoms in total. The highest BCUT2D eigenvalue weighted by Gasteiger charge is 2.39. The van der Waals surface area contributed by atoms with E-state index in [1.165, 1.54) is 27.1 Å². The summed E-state index contributed by atoms with van der Waals surface area (Å²) >= 11 is 1.97. The Bertz CT molecular complexity index is 1610. The number of nitrogens with zero attached hydrogens (tertiary/aromatic N) is 3. The molecule has 3 heterocycles. The number of hydrogen-bond donors (Lipinski definition) is 0. The highest BCUT2D eigenvalue weighted by atomic mass is 32.2. The predicted octanol–water partition coefficient (Wildman–Crippen LogP) is 7.72. The first-order valence-electron chi connectivity index (χ1n) is 13.3. The average molecular weight is 498 g/mol. The second kappa shape index (κ2) is 8.46. The molecule has 0 amide bonds. The molecule has 2 aliphatic heterocycles. The number of thioether (sulfide) groups is 1. The van der Waals surface area contributed by atoms with Gasteiger partial charge in [0.1, 0.15) is 0 Å². The molecule has 37 heavy (non-hydrogen) atoms. The smallest absolute Gasteiger partial charge is 0.231 e. The van der Waals surface area contributed by atoms with Crippen LogP contribution in [-0.2, 0) is 6.42 Å². The molecule has 0 spiro atoms. The first-order chi connectivity index (χ1) is 18.3. The van der Waals surface area contributed by atoms with Gasteiger partial charge in [0.15, 0.2) is 0 Å². The van der Waals surface area contributed by atoms with Crippen LogP contribution in [0.5, 0.6) is 0 Å². The van der Waals surface area contributed by atoms with E-state index in [9.17, 15) is 0 Å². The van der Waals surface area contributed by atoms with Crippen molar-refractivity contribution in [1.82, 2.24) is 9.97 Å². The second-order valence-corrected chi connectivity index (χ2v) is 11.6. The van der Waals surface area contributed by atoms with E-state index < -0.39 is 0 Å². The highest BCUT2D eigenvalue weighted by molar-refractivity contribution is 8.00. The zero-order valence-electron chi connectivity index (χ0n) is 20.4. The third-order valence-corrected chi connectivity index (χ3v) is 9.70. The number of allylic oxidation sites excluding steroid dienone is 9. The lowest BCUT2D eigenvalue weighted by Gasteiger charge is -2.28. The van der Waals surface area contributed by atoms with E-state index in [2.05, 4.69) is 114 Å². The van der Waals surface area contributed by atoms with Crippen LogP contribution >= 0.6 is 11.8 Å². The molecular weight excluding hydrogens is 470 g/mol. The summed E-state index contributed by atoms with van der Waals surface area (Å²) in [4.78, 5) is 14.4. The van der Waals surface area contributed by atoms with E-state index in [0.717, 1.165) is 30.0 Å². The maximum Gasteiger partial charge on any atom is 0.231 e. The number of aromatic nitrogens is 2. The van der Waals surface area contributed by atoms with Gasteiger partial charge in [-0.1, -0.05) is 103 Å². The molecule has 5 atom stereocenters. The minimum atomic E-state index is 0.197. The number of hydrogen-bond acceptors (Lipinski definition) is 4. The largest absolute Gasteiger partial charge is 0.302 e. The van der Waals surface area contributed by atoms with Crippen molar-refractivity contribution in [3.05, 3.63) is 126 Å². The summed E-state index contributed by atoms with van der Waals surface area (Å²) < 4.78 is 0. The molecule has 0 radical (unpaired) electrons. The average Bonchev–Trinajstić information content (AvgIpc) is 3.50. The summed E-state index contributed by atoms with van der Waals surface area (Å²) in [5, 5.41) is 1.65. The van der Waals surface area contributed by atoms with Gasteiger partial charge in [0.05, 0.1) is 17.3 Å². The van der Waals surface area contributed by atoms with Crippen LogP contribution < -0.4 is 4.90 Å². The SMILES string of the molecule is C1=CCC(Cc2nc(N3c4ccccc4C4C=CC=CC43)nc3c4c(ccc23)C2C=CC=CC2S4)C=C1. The lowest BCUT2D eigenvalue weighted by atomic mass is 9.90. The lowest BCUT2D eigenvalue weighted by Crippen LogP contribution is -2.30. The van der Waals surface area contributed by atoms with Crippen LogP contribution in [-0.4, -0.2) is 21.3 Å². The Morgan fingerprint density at radius 3 is 2.54 bits per heavy atom. The van der Waals surface area contributed by atoms with Gasteiger partial charge in [0, 0.05) is 33.1 Å². The van der Waals surface area contributed by atoms with Crippen LogP contribution in [0, 0.1) is 5.92 Å². The highest BCUT2D eigenvalue weighted by Crippen LogP contribution is 2.52. The first-order valence-corrected chi connectivity index (χ1v) is 14.1. The molecule has 0 saturated carbocycles. The molecule has 1 aromatic heterocycles. The molecule has 8 rings (SSSR count). The maximum atomic E-state index is 5.39. The van der Waals surface area contributed by atoms with Crippen molar-refractivity contribution < 1.29 is 0 Å². The van der Waals surface area contributed by atoms with Gasteiger partial charge in [-0.3, -0.25) is 0 Å². The molecule has 0 fully saturated rings. The van der Waals surface area contributed by atoms with Crippen LogP contribution in [0.4, 0.5) is 11.6 Å². The Morgan fingerprint density at radius 1 is 0.784 bits per heavy atom. The van der Waals surface area contributed by atoms with Crippen molar-refractivity contribution in [3.63, 3.8) is 0 Å². The van der Waals surface area contributed by atoms with Crippen LogP contribution in [0.25, 0.3) is 10.9 Å². The quantitative estimate of drug-likeness (QED) is 0.370. The van der Waals surface area contributed by atoms with Crippen molar-refractivity contribution in [3.8, 4) is 0 Å². The normalized spacial score (nSPS) is 28.0. The number of para-hydroxylation sites is 1. The van der Waals surface area contributed by atoms with Gasteiger partial charge in [-0.05, 0) is 36.0 Å². The zero-order chi connectivity index (χ0) is 24.3. The standard InChI is InChI=1S/C33H27N3S/c1-2-10-21(11-3-1)20-27-26-19-18-25-24-14-6-9-17-30(24)37-32(25)31(26)35-33(34-27)36-28-15-7-4-12-22(28)23-13-5-8-16-29(23)36/h1-10,12-19,21-22,24,28,30H,11,20H2. The van der Waals surface area contributed by atoms with Gasteiger partial charge in [-0.25, -0.2) is 9.97 Å². The molecule has 4 heteroatoms. The number of rotatable bonds is 3. The fourth-order valence-corrected chi connectivity index (χ4v) is 7.99. The number of benzene rings is 2. The molecule has 3 aromatic rings. The molecule has 0 N–H and O–H groups in total. The third-order valence-electron chi connectivity index (χ3n) is 8.32. The minimum Gasteiger partial charge on any atom is -0.302 e. The topological polar surface area (TPSA) is 29.0 Å². The number of anilines is 2. The van der Waals surface area contributed by atoms with Gasteiger partial charge < -0.3 is 4.90 Å². The summed E-state index contributed by atoms with van der Waals surface area (Å²) in [6, 6.07) is 13.6. The van der Waals surface area contributed by atoms with Crippen LogP contribution in [0.15, 0.2) is 114 Å². The molecule has 180 valence electrons. The van der Waals surface area contributed by atoms with Crippen molar-refractivity contribution in [2.24, 2.45) is 5.92 Å². The molecule has 2 aromatic carbocycles. The van der Waals surface area contributed by atoms with Gasteiger partial charge in [-0.2, -0.15) is 0 Å². The van der Waals surface area contributed by atoms with E-state index in [-0.39, 0.29) is 6.04 Å². The lowest BCUT2D eigenvalue weighted by molar-refractivity contribution is 0.642. The van der Waals surface area contributed by atoms with Crippen LogP contribution in [0.1, 0.15) is 35.1 Å². The fourth-order valence-electron chi connectivity index (χ4n) is 6.55. The molecule has 5 aliphatic rings. The van der Waals surface area contributed by atoms with Crippen molar-refractivity contribution in [1.29, 1.82) is 0 Å². The Hall–Kier alpha value is -3.63. The first kappa shape index (κ1) is 21.5. The Balaban J connectivity index is 1.33. The van der Waals surface area contributed by atoms with Crippen LogP contribution in [0.2, 0.25) is 0 Å². The summed E-state index contributed by atoms with van der Waals surface area (Å²) in [6.07, 6.45) is 28.9. The van der Waals surface area contributed by atoms with Gasteiger partial charge in [0.25, 0.3) is 0 Å². The third kappa shape index (κ3) is 3.35. The Kier molecular flexibility index (Phi) is 4.90. The molecular formula is C33H27N3S. The van der Waals surface area contributed by atoms with Gasteiger partial charge >= 0.3 is 0 Å². The van der Waals surface area contributed by atoms with Crippen molar-refractivity contribution in [2.75, 3.05) is 4.90 Å². The monoisotopic (exact) mass is 497 g/mol. The zero-order valence-corrected chi connectivity index (χ0v) is 21.3. The van der Waals surface area contributed by atoms with Crippen LogP contribution in [0.3, 0.4) is 0 Å². The second-order valence-electron chi connectivity index (χ2n) is 10.5. The molecule has 3 aliphatic carbocycles. The van der Waals surface area contributed by atoms with E-state index in [1.807, 2.05) is 11.8 Å². The van der Waals surface area contributed by atoms with Crippen molar-refractivity contribution in [2.45, 2.75) is 40.9 Å². The van der Waals surface area contributed by atoms with Gasteiger partial charge in [0.2, 0.25) is 5.95 Å². The van der Waals surface area contributed by atoms with E-state index in [1.54, 1.807) is 0 Å². The summed E-state index contributed by atoms with van der Waals surface area (Å²) in [7, 11) is 0. The van der Waals surface area contributed by atoms with E-state index in [4.69, 9.17) is 9.97 Å². The number of fused-ring (bicyclic) bond motifs is 8. The van der Waals surface area contributed by atoms with Crippen molar-refractivity contribution >= 4 is 34.3 Å². The molecule has 0 saturated heterocycles. The fraction of sp³-hybridized carbons (Fsp3) is 0.212.